The fourth-order valence-corrected chi connectivity index (χ4v) is 0.763. The highest BCUT2D eigenvalue weighted by Crippen LogP contribution is 2.10. The number of rotatable bonds is 1. The number of carbonyl (C=O) groups is 1. The van der Waals surface area contributed by atoms with Gasteiger partial charge in [-0.2, -0.15) is 0 Å². The molecular weight excluding hydrogens is 176 g/mol. The van der Waals surface area contributed by atoms with Gasteiger partial charge < -0.3 is 9.90 Å². The maximum atomic E-state index is 8.81. The first kappa shape index (κ1) is 11.0. The minimum absolute atomic E-state index is 0.281. The van der Waals surface area contributed by atoms with E-state index in [2.05, 4.69) is 0 Å². The summed E-state index contributed by atoms with van der Waals surface area (Å²) in [6, 6.07) is 6.83. The number of aromatic hydroxyl groups is 1. The summed E-state index contributed by atoms with van der Waals surface area (Å²) in [5, 5.41) is 8.81. The Hall–Kier alpha value is -1.02. The fourth-order valence-electron chi connectivity index (χ4n) is 0.585. The third kappa shape index (κ3) is 4.74. The van der Waals surface area contributed by atoms with Crippen LogP contribution in [0, 0.1) is 0 Å². The molecule has 1 N–H and O–H groups in total. The molecule has 0 saturated carbocycles. The number of benzene rings is 1. The van der Waals surface area contributed by atoms with Crippen LogP contribution in [0.3, 0.4) is 0 Å². The predicted molar refractivity (Wildman–Crippen MR) is 49.4 cm³/mol. The molecule has 0 aliphatic heterocycles. The molecule has 0 aliphatic rings. The van der Waals surface area contributed by atoms with Gasteiger partial charge in [0.05, 0.1) is 0 Å². The lowest BCUT2D eigenvalue weighted by atomic mass is 10.2. The molecule has 0 spiro atoms. The summed E-state index contributed by atoms with van der Waals surface area (Å²) >= 11 is 5.50. The number of aldehydes is 1. The van der Waals surface area contributed by atoms with E-state index in [-0.39, 0.29) is 5.75 Å². The van der Waals surface area contributed by atoms with Crippen LogP contribution in [0.15, 0.2) is 24.3 Å². The third-order valence-electron chi connectivity index (χ3n) is 1.09. The van der Waals surface area contributed by atoms with Crippen molar-refractivity contribution in [2.75, 3.05) is 0 Å². The number of halogens is 1. The topological polar surface area (TPSA) is 37.3 Å². The van der Waals surface area contributed by atoms with Gasteiger partial charge >= 0.3 is 0 Å². The van der Waals surface area contributed by atoms with Crippen LogP contribution in [-0.2, 0) is 10.7 Å². The van der Waals surface area contributed by atoms with E-state index < -0.39 is 0 Å². The molecule has 0 radical (unpaired) electrons. The quantitative estimate of drug-likeness (QED) is 0.540. The predicted octanol–water partition coefficient (Wildman–Crippen LogP) is 2.34. The highest BCUT2D eigenvalue weighted by Gasteiger charge is 1.87. The van der Waals surface area contributed by atoms with Gasteiger partial charge in [0, 0.05) is 5.88 Å². The molecule has 1 aromatic carbocycles. The molecule has 0 atom stereocenters. The zero-order valence-corrected chi connectivity index (χ0v) is 7.58. The Kier molecular flexibility index (Phi) is 6.11. The third-order valence-corrected chi connectivity index (χ3v) is 1.40. The Morgan fingerprint density at radius 2 is 1.83 bits per heavy atom. The number of hydrogen-bond donors (Lipinski definition) is 1. The number of carbonyl (C=O) groups excluding carboxylic acids is 1. The van der Waals surface area contributed by atoms with Gasteiger partial charge in [0.2, 0.25) is 0 Å². The Morgan fingerprint density at radius 3 is 2.17 bits per heavy atom. The fraction of sp³-hybridized carbons (Fsp3) is 0.222. The first-order valence-corrected chi connectivity index (χ1v) is 4.01. The molecule has 0 unspecified atom stereocenters. The molecule has 0 heterocycles. The molecule has 2 nitrogen and oxygen atoms in total. The van der Waals surface area contributed by atoms with E-state index in [1.54, 1.807) is 24.3 Å². The highest BCUT2D eigenvalue weighted by molar-refractivity contribution is 6.17. The van der Waals surface area contributed by atoms with Gasteiger partial charge in [-0.1, -0.05) is 12.1 Å². The van der Waals surface area contributed by atoms with Crippen LogP contribution >= 0.6 is 11.6 Å². The summed E-state index contributed by atoms with van der Waals surface area (Å²) in [6.45, 7) is 1.44. The number of alkyl halides is 1. The summed E-state index contributed by atoms with van der Waals surface area (Å²) < 4.78 is 0. The van der Waals surface area contributed by atoms with Crippen LogP contribution in [0.25, 0.3) is 0 Å². The second-order valence-corrected chi connectivity index (χ2v) is 2.30. The first-order valence-electron chi connectivity index (χ1n) is 3.48. The Bertz CT molecular complexity index is 218. The van der Waals surface area contributed by atoms with E-state index in [1.807, 2.05) is 0 Å². The minimum Gasteiger partial charge on any atom is -0.508 e. The van der Waals surface area contributed by atoms with Crippen molar-refractivity contribution in [3.05, 3.63) is 29.8 Å². The van der Waals surface area contributed by atoms with Gasteiger partial charge in [-0.15, -0.1) is 11.6 Å². The van der Waals surface area contributed by atoms with Crippen LogP contribution in [-0.4, -0.2) is 11.4 Å². The SMILES string of the molecule is CC=O.Oc1ccc(CCl)cc1. The van der Waals surface area contributed by atoms with Crippen molar-refractivity contribution in [2.45, 2.75) is 12.8 Å². The molecule has 66 valence electrons. The molecule has 3 heteroatoms. The number of phenolic OH excluding ortho intramolecular Hbond substituents is 1. The van der Waals surface area contributed by atoms with E-state index in [1.165, 1.54) is 6.92 Å². The number of hydrogen-bond acceptors (Lipinski definition) is 2. The van der Waals surface area contributed by atoms with Gasteiger partial charge in [0.15, 0.2) is 0 Å². The highest BCUT2D eigenvalue weighted by atomic mass is 35.5. The lowest BCUT2D eigenvalue weighted by Crippen LogP contribution is -1.73. The Morgan fingerprint density at radius 1 is 1.42 bits per heavy atom. The standard InChI is InChI=1S/C7H7ClO.C2H4O/c8-5-6-1-3-7(9)4-2-6;1-2-3/h1-4,9H,5H2;2H,1H3. The van der Waals surface area contributed by atoms with Crippen LogP contribution in [0.2, 0.25) is 0 Å². The minimum atomic E-state index is 0.281. The second-order valence-electron chi connectivity index (χ2n) is 2.04. The van der Waals surface area contributed by atoms with Gasteiger partial charge in [0.1, 0.15) is 12.0 Å². The van der Waals surface area contributed by atoms with Gasteiger partial charge in [-0.3, -0.25) is 0 Å². The molecule has 0 bridgehead atoms. The van der Waals surface area contributed by atoms with E-state index in [4.69, 9.17) is 21.5 Å². The number of phenols is 1. The summed E-state index contributed by atoms with van der Waals surface area (Å²) in [7, 11) is 0. The van der Waals surface area contributed by atoms with Crippen molar-refractivity contribution in [3.8, 4) is 5.75 Å². The van der Waals surface area contributed by atoms with Crippen LogP contribution < -0.4 is 0 Å². The van der Waals surface area contributed by atoms with Crippen molar-refractivity contribution in [2.24, 2.45) is 0 Å². The maximum Gasteiger partial charge on any atom is 0.116 e. The molecular formula is C9H11ClO2. The van der Waals surface area contributed by atoms with Crippen molar-refractivity contribution in [1.29, 1.82) is 0 Å². The van der Waals surface area contributed by atoms with Crippen molar-refractivity contribution in [3.63, 3.8) is 0 Å². The molecule has 1 aromatic rings. The molecule has 0 amide bonds. The van der Waals surface area contributed by atoms with E-state index in [0.717, 1.165) is 11.8 Å². The smallest absolute Gasteiger partial charge is 0.116 e. The lowest BCUT2D eigenvalue weighted by Gasteiger charge is -1.92. The molecule has 0 aliphatic carbocycles. The molecule has 0 saturated heterocycles. The summed E-state index contributed by atoms with van der Waals surface area (Å²) in [5.74, 6) is 0.782. The van der Waals surface area contributed by atoms with Crippen molar-refractivity contribution >= 4 is 17.9 Å². The monoisotopic (exact) mass is 186 g/mol. The second kappa shape index (κ2) is 6.68. The zero-order valence-electron chi connectivity index (χ0n) is 6.83. The van der Waals surface area contributed by atoms with Crippen molar-refractivity contribution < 1.29 is 9.90 Å². The van der Waals surface area contributed by atoms with E-state index in [9.17, 15) is 0 Å². The molecule has 0 aromatic heterocycles. The van der Waals surface area contributed by atoms with Crippen LogP contribution in [0.4, 0.5) is 0 Å². The Balaban J connectivity index is 0.000000354. The lowest BCUT2D eigenvalue weighted by molar-refractivity contribution is -0.106. The van der Waals surface area contributed by atoms with E-state index >= 15 is 0 Å². The van der Waals surface area contributed by atoms with Gasteiger partial charge in [0.25, 0.3) is 0 Å². The average Bonchev–Trinajstić information content (AvgIpc) is 2.07. The molecule has 12 heavy (non-hydrogen) atoms. The summed E-state index contributed by atoms with van der Waals surface area (Å²) in [5.41, 5.74) is 1.02. The Labute approximate surface area is 76.8 Å². The van der Waals surface area contributed by atoms with Gasteiger partial charge in [-0.05, 0) is 24.6 Å². The normalized spacial score (nSPS) is 8.17. The first-order chi connectivity index (χ1) is 5.74. The largest absolute Gasteiger partial charge is 0.508 e. The molecule has 1 rings (SSSR count). The average molecular weight is 187 g/mol. The summed E-state index contributed by atoms with van der Waals surface area (Å²) in [4.78, 5) is 8.81. The van der Waals surface area contributed by atoms with Gasteiger partial charge in [-0.25, -0.2) is 0 Å². The van der Waals surface area contributed by atoms with Crippen LogP contribution in [0.1, 0.15) is 12.5 Å². The maximum absolute atomic E-state index is 8.81. The summed E-state index contributed by atoms with van der Waals surface area (Å²) in [6.07, 6.45) is 0.750. The van der Waals surface area contributed by atoms with E-state index in [0.29, 0.717) is 5.88 Å². The zero-order chi connectivity index (χ0) is 9.40. The van der Waals surface area contributed by atoms with Crippen molar-refractivity contribution in [1.82, 2.24) is 0 Å². The molecule has 0 fully saturated rings. The van der Waals surface area contributed by atoms with Crippen LogP contribution in [0.5, 0.6) is 5.75 Å².